The second-order valence-electron chi connectivity index (χ2n) is 5.87. The van der Waals surface area contributed by atoms with Crippen molar-refractivity contribution in [2.45, 2.75) is 50.7 Å². The van der Waals surface area contributed by atoms with Gasteiger partial charge in [0.2, 0.25) is 0 Å². The minimum absolute atomic E-state index is 0.544. The van der Waals surface area contributed by atoms with Gasteiger partial charge >= 0.3 is 0 Å². The number of hydrogen-bond donors (Lipinski definition) is 1. The molecule has 0 saturated heterocycles. The van der Waals surface area contributed by atoms with Crippen LogP contribution in [0.5, 0.6) is 0 Å². The lowest BCUT2D eigenvalue weighted by Gasteiger charge is -2.36. The van der Waals surface area contributed by atoms with Gasteiger partial charge in [-0.1, -0.05) is 6.42 Å². The zero-order valence-electron chi connectivity index (χ0n) is 9.74. The van der Waals surface area contributed by atoms with E-state index in [4.69, 9.17) is 4.74 Å². The molecule has 0 aromatic heterocycles. The Hall–Kier alpha value is -0.0800. The topological polar surface area (TPSA) is 21.3 Å². The zero-order valence-corrected chi connectivity index (χ0v) is 9.74. The minimum atomic E-state index is 0.544. The monoisotopic (exact) mass is 209 g/mol. The van der Waals surface area contributed by atoms with Crippen LogP contribution in [-0.4, -0.2) is 25.8 Å². The van der Waals surface area contributed by atoms with Crippen molar-refractivity contribution in [3.63, 3.8) is 0 Å². The van der Waals surface area contributed by atoms with Crippen LogP contribution < -0.4 is 5.32 Å². The van der Waals surface area contributed by atoms with E-state index in [0.29, 0.717) is 6.10 Å². The quantitative estimate of drug-likeness (QED) is 0.766. The van der Waals surface area contributed by atoms with Crippen LogP contribution >= 0.6 is 0 Å². The molecule has 15 heavy (non-hydrogen) atoms. The highest BCUT2D eigenvalue weighted by atomic mass is 16.5. The van der Waals surface area contributed by atoms with E-state index >= 15 is 0 Å². The molecule has 3 atom stereocenters. The van der Waals surface area contributed by atoms with E-state index in [1.165, 1.54) is 45.1 Å². The predicted molar refractivity (Wildman–Crippen MR) is 60.8 cm³/mol. The van der Waals surface area contributed by atoms with Crippen molar-refractivity contribution < 1.29 is 4.74 Å². The molecular weight excluding hydrogens is 186 g/mol. The summed E-state index contributed by atoms with van der Waals surface area (Å²) in [6, 6.07) is 0.758. The van der Waals surface area contributed by atoms with Gasteiger partial charge in [0.25, 0.3) is 0 Å². The minimum Gasteiger partial charge on any atom is -0.381 e. The molecule has 3 aliphatic rings. The lowest BCUT2D eigenvalue weighted by Crippen LogP contribution is -2.46. The van der Waals surface area contributed by atoms with E-state index in [1.54, 1.807) is 0 Å². The Labute approximate surface area is 92.8 Å². The van der Waals surface area contributed by atoms with Gasteiger partial charge in [-0.3, -0.25) is 0 Å². The Kier molecular flexibility index (Phi) is 2.73. The molecule has 2 heteroatoms. The van der Waals surface area contributed by atoms with Crippen molar-refractivity contribution in [3.05, 3.63) is 0 Å². The summed E-state index contributed by atoms with van der Waals surface area (Å²) in [6.07, 6.45) is 9.10. The highest BCUT2D eigenvalue weighted by molar-refractivity contribution is 4.93. The first-order valence-electron chi connectivity index (χ1n) is 6.61. The second-order valence-corrected chi connectivity index (χ2v) is 5.87. The van der Waals surface area contributed by atoms with E-state index in [9.17, 15) is 0 Å². The summed E-state index contributed by atoms with van der Waals surface area (Å²) < 4.78 is 5.30. The molecule has 1 N–H and O–H groups in total. The molecule has 3 rings (SSSR count). The number of methoxy groups -OCH3 is 1. The molecule has 86 valence electrons. The predicted octanol–water partition coefficient (Wildman–Crippen LogP) is 2.19. The van der Waals surface area contributed by atoms with Crippen molar-refractivity contribution in [1.29, 1.82) is 0 Å². The molecule has 0 heterocycles. The van der Waals surface area contributed by atoms with Crippen molar-refractivity contribution in [2.24, 2.45) is 17.8 Å². The molecule has 2 bridgehead atoms. The SMILES string of the molecule is COC1CC(NCC2CC3CCC2C3)C1. The fourth-order valence-electron chi connectivity index (χ4n) is 3.87. The number of ether oxygens (including phenoxy) is 1. The summed E-state index contributed by atoms with van der Waals surface area (Å²) >= 11 is 0. The number of fused-ring (bicyclic) bond motifs is 2. The molecule has 3 fully saturated rings. The summed E-state index contributed by atoms with van der Waals surface area (Å²) in [5.74, 6) is 3.17. The van der Waals surface area contributed by atoms with Crippen molar-refractivity contribution in [2.75, 3.05) is 13.7 Å². The van der Waals surface area contributed by atoms with Crippen LogP contribution in [0.3, 0.4) is 0 Å². The van der Waals surface area contributed by atoms with Crippen LogP contribution in [0.15, 0.2) is 0 Å². The molecule has 0 aromatic rings. The van der Waals surface area contributed by atoms with E-state index in [2.05, 4.69) is 5.32 Å². The van der Waals surface area contributed by atoms with Crippen molar-refractivity contribution >= 4 is 0 Å². The van der Waals surface area contributed by atoms with Gasteiger partial charge in [-0.2, -0.15) is 0 Å². The maximum absolute atomic E-state index is 5.30. The van der Waals surface area contributed by atoms with Gasteiger partial charge in [-0.15, -0.1) is 0 Å². The molecule has 3 aliphatic carbocycles. The molecule has 2 nitrogen and oxygen atoms in total. The third kappa shape index (κ3) is 1.94. The fourth-order valence-corrected chi connectivity index (χ4v) is 3.87. The van der Waals surface area contributed by atoms with Gasteiger partial charge in [0.05, 0.1) is 6.10 Å². The van der Waals surface area contributed by atoms with E-state index in [1.807, 2.05) is 7.11 Å². The summed E-state index contributed by atoms with van der Waals surface area (Å²) in [6.45, 7) is 1.28. The summed E-state index contributed by atoms with van der Waals surface area (Å²) in [7, 11) is 1.83. The second kappa shape index (κ2) is 4.06. The molecule has 0 spiro atoms. The molecular formula is C13H23NO. The zero-order chi connectivity index (χ0) is 10.3. The maximum Gasteiger partial charge on any atom is 0.0601 e. The average molecular weight is 209 g/mol. The van der Waals surface area contributed by atoms with Crippen LogP contribution in [-0.2, 0) is 4.74 Å². The lowest BCUT2D eigenvalue weighted by atomic mass is 9.86. The highest BCUT2D eigenvalue weighted by Crippen LogP contribution is 2.48. The van der Waals surface area contributed by atoms with Crippen molar-refractivity contribution in [3.8, 4) is 0 Å². The molecule has 0 radical (unpaired) electrons. The van der Waals surface area contributed by atoms with Crippen LogP contribution in [0, 0.1) is 17.8 Å². The largest absolute Gasteiger partial charge is 0.381 e. The third-order valence-corrected chi connectivity index (χ3v) is 4.98. The Morgan fingerprint density at radius 3 is 2.60 bits per heavy atom. The normalized spacial score (nSPS) is 48.2. The Morgan fingerprint density at radius 2 is 2.00 bits per heavy atom. The first kappa shape index (κ1) is 10.1. The van der Waals surface area contributed by atoms with Crippen LogP contribution in [0.1, 0.15) is 38.5 Å². The van der Waals surface area contributed by atoms with Crippen molar-refractivity contribution in [1.82, 2.24) is 5.32 Å². The van der Waals surface area contributed by atoms with E-state index in [-0.39, 0.29) is 0 Å². The Balaban J connectivity index is 1.37. The standard InChI is InChI=1S/C13H23NO/c1-15-13-6-12(7-13)14-8-11-5-9-2-3-10(11)4-9/h9-14H,2-8H2,1H3. The van der Waals surface area contributed by atoms with Crippen LogP contribution in [0.25, 0.3) is 0 Å². The first-order valence-corrected chi connectivity index (χ1v) is 6.61. The summed E-state index contributed by atoms with van der Waals surface area (Å²) in [5, 5.41) is 3.73. The molecule has 3 saturated carbocycles. The van der Waals surface area contributed by atoms with Gasteiger partial charge in [0.1, 0.15) is 0 Å². The molecule has 0 amide bonds. The Morgan fingerprint density at radius 1 is 1.13 bits per heavy atom. The van der Waals surface area contributed by atoms with Gasteiger partial charge in [-0.25, -0.2) is 0 Å². The van der Waals surface area contributed by atoms with Gasteiger partial charge in [0, 0.05) is 13.2 Å². The Bertz CT molecular complexity index is 225. The van der Waals surface area contributed by atoms with Gasteiger partial charge in [-0.05, 0) is 56.4 Å². The fraction of sp³-hybridized carbons (Fsp3) is 1.00. The number of hydrogen-bond acceptors (Lipinski definition) is 2. The van der Waals surface area contributed by atoms with Crippen LogP contribution in [0.2, 0.25) is 0 Å². The van der Waals surface area contributed by atoms with E-state index in [0.717, 1.165) is 23.8 Å². The first-order chi connectivity index (χ1) is 7.35. The highest BCUT2D eigenvalue weighted by Gasteiger charge is 2.39. The molecule has 0 aliphatic heterocycles. The number of rotatable bonds is 4. The maximum atomic E-state index is 5.30. The third-order valence-electron chi connectivity index (χ3n) is 4.98. The lowest BCUT2D eigenvalue weighted by molar-refractivity contribution is 0.0158. The van der Waals surface area contributed by atoms with E-state index < -0.39 is 0 Å². The number of nitrogens with one attached hydrogen (secondary N) is 1. The van der Waals surface area contributed by atoms with Crippen LogP contribution in [0.4, 0.5) is 0 Å². The molecule has 3 unspecified atom stereocenters. The average Bonchev–Trinajstić information content (AvgIpc) is 2.77. The van der Waals surface area contributed by atoms with Gasteiger partial charge in [0.15, 0.2) is 0 Å². The summed E-state index contributed by atoms with van der Waals surface area (Å²) in [4.78, 5) is 0. The summed E-state index contributed by atoms with van der Waals surface area (Å²) in [5.41, 5.74) is 0. The smallest absolute Gasteiger partial charge is 0.0601 e. The molecule has 0 aromatic carbocycles. The van der Waals surface area contributed by atoms with Gasteiger partial charge < -0.3 is 10.1 Å².